The Hall–Kier alpha value is -3.09. The fourth-order valence-corrected chi connectivity index (χ4v) is 6.61. The molecule has 3 fully saturated rings. The molecule has 0 spiro atoms. The highest BCUT2D eigenvalue weighted by atomic mass is 16.4. The highest BCUT2D eigenvalue weighted by Crippen LogP contribution is 2.47. The molecule has 2 unspecified atom stereocenters. The third-order valence-electron chi connectivity index (χ3n) is 8.59. The van der Waals surface area contributed by atoms with Gasteiger partial charge in [0.25, 0.3) is 0 Å². The molecule has 212 valence electrons. The normalized spacial score (nSPS) is 21.9. The van der Waals surface area contributed by atoms with E-state index in [0.717, 1.165) is 45.1 Å². The second kappa shape index (κ2) is 12.8. The van der Waals surface area contributed by atoms with Crippen LogP contribution in [0.15, 0.2) is 53.4 Å². The van der Waals surface area contributed by atoms with Crippen LogP contribution in [0, 0.1) is 5.92 Å². The first kappa shape index (κ1) is 28.9. The minimum Gasteiger partial charge on any atom is -0.481 e. The van der Waals surface area contributed by atoms with Gasteiger partial charge in [-0.05, 0) is 62.0 Å². The van der Waals surface area contributed by atoms with E-state index in [1.165, 1.54) is 35.4 Å². The number of carboxylic acid groups (broad SMARTS) is 1. The molecule has 0 aromatic heterocycles. The maximum absolute atomic E-state index is 13.4. The predicted molar refractivity (Wildman–Crippen MR) is 153 cm³/mol. The van der Waals surface area contributed by atoms with Gasteiger partial charge < -0.3 is 25.4 Å². The summed E-state index contributed by atoms with van der Waals surface area (Å²) in [6, 6.07) is 9.53. The van der Waals surface area contributed by atoms with Crippen LogP contribution in [0.1, 0.15) is 90.5 Å². The minimum absolute atomic E-state index is 0.0282. The molecule has 0 radical (unpaired) electrons. The standard InChI is InChI=1S/C32H45N3O4/c1-4-11-27(32(17-8-9-18-32)24-12-6-5-7-13-24)34-29(22(2)3)30(23-15-16-23)35-19-10-14-26(35)31(39)33-25(21-36)20-28(37)38/h5-7,11-13,21-22,25-26,29,34H,4,8-10,14-20H2,1-3H3,(H,33,39)(H,37,38)/b27-11+/t25?,26-,29?/m0/s1. The van der Waals surface area contributed by atoms with Crippen molar-refractivity contribution in [3.63, 3.8) is 0 Å². The number of nitrogens with zero attached hydrogens (tertiary/aromatic N) is 1. The highest BCUT2D eigenvalue weighted by molar-refractivity contribution is 5.86. The molecule has 1 heterocycles. The van der Waals surface area contributed by atoms with Crippen LogP contribution in [0.25, 0.3) is 0 Å². The van der Waals surface area contributed by atoms with E-state index in [-0.39, 0.29) is 17.4 Å². The molecule has 2 aliphatic carbocycles. The number of likely N-dealkylation sites (tertiary alicyclic amines) is 1. The average Bonchev–Trinajstić information content (AvgIpc) is 3.41. The number of carboxylic acids is 1. The zero-order chi connectivity index (χ0) is 28.0. The van der Waals surface area contributed by atoms with Gasteiger partial charge in [0.2, 0.25) is 5.91 Å². The summed E-state index contributed by atoms with van der Waals surface area (Å²) in [4.78, 5) is 38.2. The smallest absolute Gasteiger partial charge is 0.305 e. The van der Waals surface area contributed by atoms with Gasteiger partial charge in [-0.1, -0.05) is 70.0 Å². The van der Waals surface area contributed by atoms with Crippen molar-refractivity contribution in [1.82, 2.24) is 15.5 Å². The summed E-state index contributed by atoms with van der Waals surface area (Å²) in [6.07, 6.45) is 11.8. The third kappa shape index (κ3) is 6.56. The molecule has 0 bridgehead atoms. The first-order chi connectivity index (χ1) is 18.8. The van der Waals surface area contributed by atoms with E-state index < -0.39 is 24.5 Å². The largest absolute Gasteiger partial charge is 0.481 e. The van der Waals surface area contributed by atoms with Gasteiger partial charge in [0.05, 0.1) is 18.5 Å². The highest BCUT2D eigenvalue weighted by Gasteiger charge is 2.43. The summed E-state index contributed by atoms with van der Waals surface area (Å²) in [5.41, 5.74) is 5.27. The summed E-state index contributed by atoms with van der Waals surface area (Å²) < 4.78 is 0. The van der Waals surface area contributed by atoms with E-state index in [0.29, 0.717) is 18.6 Å². The Labute approximate surface area is 233 Å². The molecule has 1 aromatic rings. The van der Waals surface area contributed by atoms with Crippen molar-refractivity contribution in [3.05, 3.63) is 58.9 Å². The van der Waals surface area contributed by atoms with Crippen molar-refractivity contribution < 1.29 is 19.5 Å². The van der Waals surface area contributed by atoms with Gasteiger partial charge in [0.1, 0.15) is 12.3 Å². The fraction of sp³-hybridized carbons (Fsp3) is 0.594. The van der Waals surface area contributed by atoms with Crippen molar-refractivity contribution in [2.75, 3.05) is 6.54 Å². The van der Waals surface area contributed by atoms with Gasteiger partial charge in [-0.25, -0.2) is 0 Å². The van der Waals surface area contributed by atoms with E-state index in [2.05, 4.69) is 72.7 Å². The maximum Gasteiger partial charge on any atom is 0.305 e. The number of hydrogen-bond acceptors (Lipinski definition) is 5. The van der Waals surface area contributed by atoms with Gasteiger partial charge in [-0.3, -0.25) is 9.59 Å². The molecule has 7 heteroatoms. The van der Waals surface area contributed by atoms with Crippen LogP contribution in [0.4, 0.5) is 0 Å². The lowest BCUT2D eigenvalue weighted by atomic mass is 9.75. The van der Waals surface area contributed by atoms with E-state index >= 15 is 0 Å². The molecule has 1 saturated heterocycles. The fourth-order valence-electron chi connectivity index (χ4n) is 6.61. The van der Waals surface area contributed by atoms with Crippen molar-refractivity contribution >= 4 is 18.2 Å². The number of carbonyl (C=O) groups excluding carboxylic acids is 2. The molecular weight excluding hydrogens is 490 g/mol. The first-order valence-electron chi connectivity index (χ1n) is 14.8. The Kier molecular flexibility index (Phi) is 9.52. The van der Waals surface area contributed by atoms with Gasteiger partial charge in [0, 0.05) is 23.4 Å². The summed E-state index contributed by atoms with van der Waals surface area (Å²) in [6.45, 7) is 7.47. The number of hydrogen-bond donors (Lipinski definition) is 3. The number of aliphatic carboxylic acids is 1. The lowest BCUT2D eigenvalue weighted by Gasteiger charge is -2.41. The topological polar surface area (TPSA) is 98.7 Å². The average molecular weight is 536 g/mol. The van der Waals surface area contributed by atoms with Crippen LogP contribution in [0.3, 0.4) is 0 Å². The van der Waals surface area contributed by atoms with Crippen LogP contribution in [-0.2, 0) is 19.8 Å². The molecular formula is C32H45N3O4. The molecule has 1 aliphatic heterocycles. The number of carbonyl (C=O) groups is 3. The molecule has 2 saturated carbocycles. The molecule has 1 aromatic carbocycles. The molecule has 3 N–H and O–H groups in total. The van der Waals surface area contributed by atoms with Crippen molar-refractivity contribution in [2.45, 2.75) is 109 Å². The molecule has 1 amide bonds. The Morgan fingerprint density at radius 2 is 1.79 bits per heavy atom. The van der Waals surface area contributed by atoms with Crippen molar-refractivity contribution in [1.29, 1.82) is 0 Å². The molecule has 3 aliphatic rings. The summed E-state index contributed by atoms with van der Waals surface area (Å²) >= 11 is 0. The number of amides is 1. The van der Waals surface area contributed by atoms with Gasteiger partial charge in [-0.15, -0.1) is 0 Å². The lowest BCUT2D eigenvalue weighted by Crippen LogP contribution is -2.51. The molecule has 3 atom stereocenters. The minimum atomic E-state index is -1.10. The number of allylic oxidation sites excluding steroid dienone is 3. The SMILES string of the molecule is CC/C=C(/NC(C(=C1CC1)N1CCC[C@H]1C(=O)NC(C=O)CC(=O)O)C(C)C)C1(c2ccccc2)CCCC1. The second-order valence-electron chi connectivity index (χ2n) is 11.7. The van der Waals surface area contributed by atoms with Crippen molar-refractivity contribution in [2.24, 2.45) is 5.92 Å². The van der Waals surface area contributed by atoms with Crippen LogP contribution >= 0.6 is 0 Å². The van der Waals surface area contributed by atoms with E-state index in [1.807, 2.05) is 0 Å². The number of nitrogens with one attached hydrogen (secondary N) is 2. The molecule has 7 nitrogen and oxygen atoms in total. The first-order valence-corrected chi connectivity index (χ1v) is 14.8. The Bertz CT molecular complexity index is 1080. The van der Waals surface area contributed by atoms with Crippen molar-refractivity contribution in [3.8, 4) is 0 Å². The Morgan fingerprint density at radius 1 is 1.10 bits per heavy atom. The zero-order valence-corrected chi connectivity index (χ0v) is 23.7. The van der Waals surface area contributed by atoms with Crippen LogP contribution in [-0.4, -0.2) is 52.8 Å². The van der Waals surface area contributed by atoms with Crippen LogP contribution in [0.2, 0.25) is 0 Å². The summed E-state index contributed by atoms with van der Waals surface area (Å²) in [5.74, 6) is -1.07. The monoisotopic (exact) mass is 535 g/mol. The summed E-state index contributed by atoms with van der Waals surface area (Å²) in [7, 11) is 0. The number of rotatable bonds is 13. The van der Waals surface area contributed by atoms with Crippen LogP contribution < -0.4 is 10.6 Å². The summed E-state index contributed by atoms with van der Waals surface area (Å²) in [5, 5.41) is 15.9. The second-order valence-corrected chi connectivity index (χ2v) is 11.7. The van der Waals surface area contributed by atoms with Gasteiger partial charge in [-0.2, -0.15) is 0 Å². The molecule has 4 rings (SSSR count). The predicted octanol–water partition coefficient (Wildman–Crippen LogP) is 5.08. The molecule has 39 heavy (non-hydrogen) atoms. The Morgan fingerprint density at radius 3 is 2.36 bits per heavy atom. The van der Waals surface area contributed by atoms with E-state index in [4.69, 9.17) is 5.11 Å². The zero-order valence-electron chi connectivity index (χ0n) is 23.7. The number of aldehydes is 1. The van der Waals surface area contributed by atoms with E-state index in [9.17, 15) is 14.4 Å². The van der Waals surface area contributed by atoms with Gasteiger partial charge in [0.15, 0.2) is 0 Å². The van der Waals surface area contributed by atoms with E-state index in [1.54, 1.807) is 0 Å². The van der Waals surface area contributed by atoms with Crippen LogP contribution in [0.5, 0.6) is 0 Å². The lowest BCUT2D eigenvalue weighted by molar-refractivity contribution is -0.139. The third-order valence-corrected chi connectivity index (χ3v) is 8.59. The maximum atomic E-state index is 13.4. The number of benzene rings is 1. The Balaban J connectivity index is 1.64. The quantitative estimate of drug-likeness (QED) is 0.305. The van der Waals surface area contributed by atoms with Gasteiger partial charge >= 0.3 is 5.97 Å².